The summed E-state index contributed by atoms with van der Waals surface area (Å²) < 4.78 is 0. The molecule has 0 saturated heterocycles. The van der Waals surface area contributed by atoms with E-state index >= 15 is 0 Å². The van der Waals surface area contributed by atoms with Crippen LogP contribution in [0.1, 0.15) is 30.8 Å². The highest BCUT2D eigenvalue weighted by Crippen LogP contribution is 2.22. The highest BCUT2D eigenvalue weighted by Gasteiger charge is 2.16. The Bertz CT molecular complexity index is 673. The zero-order valence-corrected chi connectivity index (χ0v) is 12.8. The SMILES string of the molecule is Cc1c(Cl)cccc1NC(=O)CC(=O)N[C@@H](C)c1nn[nH]n1. The van der Waals surface area contributed by atoms with E-state index in [0.29, 0.717) is 16.5 Å². The van der Waals surface area contributed by atoms with Gasteiger partial charge in [0.1, 0.15) is 6.42 Å². The molecule has 0 aliphatic rings. The van der Waals surface area contributed by atoms with E-state index in [4.69, 9.17) is 11.6 Å². The fourth-order valence-corrected chi connectivity index (χ4v) is 1.97. The summed E-state index contributed by atoms with van der Waals surface area (Å²) in [6.45, 7) is 3.48. The maximum atomic E-state index is 11.9. The first kappa shape index (κ1) is 15.9. The Hall–Kier alpha value is -2.48. The van der Waals surface area contributed by atoms with Crippen LogP contribution in [0.15, 0.2) is 18.2 Å². The minimum atomic E-state index is -0.438. The van der Waals surface area contributed by atoms with Crippen LogP contribution in [0.4, 0.5) is 5.69 Å². The van der Waals surface area contributed by atoms with E-state index in [9.17, 15) is 9.59 Å². The van der Waals surface area contributed by atoms with Gasteiger partial charge in [-0.2, -0.15) is 5.21 Å². The molecular formula is C13H15ClN6O2. The molecule has 1 atom stereocenters. The molecule has 0 radical (unpaired) electrons. The average Bonchev–Trinajstić information content (AvgIpc) is 2.97. The van der Waals surface area contributed by atoms with E-state index in [0.717, 1.165) is 5.56 Å². The summed E-state index contributed by atoms with van der Waals surface area (Å²) in [4.78, 5) is 23.7. The molecule has 0 aliphatic carbocycles. The van der Waals surface area contributed by atoms with Gasteiger partial charge < -0.3 is 10.6 Å². The lowest BCUT2D eigenvalue weighted by atomic mass is 10.2. The number of carbonyl (C=O) groups excluding carboxylic acids is 2. The van der Waals surface area contributed by atoms with Crippen LogP contribution in [0.5, 0.6) is 0 Å². The number of nitrogens with one attached hydrogen (secondary N) is 3. The number of aromatic amines is 1. The normalized spacial score (nSPS) is 11.8. The van der Waals surface area contributed by atoms with E-state index in [1.165, 1.54) is 0 Å². The smallest absolute Gasteiger partial charge is 0.233 e. The Morgan fingerprint density at radius 3 is 2.82 bits per heavy atom. The van der Waals surface area contributed by atoms with Gasteiger partial charge in [0, 0.05) is 10.7 Å². The first-order valence-corrected chi connectivity index (χ1v) is 6.93. The topological polar surface area (TPSA) is 113 Å². The highest BCUT2D eigenvalue weighted by molar-refractivity contribution is 6.31. The lowest BCUT2D eigenvalue weighted by molar-refractivity contribution is -0.127. The molecule has 0 spiro atoms. The van der Waals surface area contributed by atoms with Crippen LogP contribution in [0.25, 0.3) is 0 Å². The van der Waals surface area contributed by atoms with Gasteiger partial charge in [-0.05, 0) is 31.5 Å². The lowest BCUT2D eigenvalue weighted by Crippen LogP contribution is -2.31. The zero-order valence-electron chi connectivity index (χ0n) is 12.1. The standard InChI is InChI=1S/C13H15ClN6O2/c1-7-9(14)4-3-5-10(7)16-12(22)6-11(21)15-8(2)13-17-19-20-18-13/h3-5,8H,6H2,1-2H3,(H,15,21)(H,16,22)(H,17,18,19,20)/t8-/m0/s1. The van der Waals surface area contributed by atoms with Crippen LogP contribution < -0.4 is 10.6 Å². The van der Waals surface area contributed by atoms with E-state index < -0.39 is 17.9 Å². The molecule has 8 nitrogen and oxygen atoms in total. The summed E-state index contributed by atoms with van der Waals surface area (Å²) in [6.07, 6.45) is -0.311. The third kappa shape index (κ3) is 4.01. The molecular weight excluding hydrogens is 308 g/mol. The van der Waals surface area contributed by atoms with Gasteiger partial charge in [-0.15, -0.1) is 10.2 Å². The minimum Gasteiger partial charge on any atom is -0.346 e. The Morgan fingerprint density at radius 1 is 1.36 bits per heavy atom. The molecule has 0 aliphatic heterocycles. The quantitative estimate of drug-likeness (QED) is 0.719. The van der Waals surface area contributed by atoms with Gasteiger partial charge in [0.2, 0.25) is 11.8 Å². The van der Waals surface area contributed by atoms with Gasteiger partial charge in [-0.1, -0.05) is 22.9 Å². The van der Waals surface area contributed by atoms with E-state index in [-0.39, 0.29) is 6.42 Å². The number of rotatable bonds is 5. The Labute approximate surface area is 131 Å². The number of hydrogen-bond donors (Lipinski definition) is 3. The van der Waals surface area contributed by atoms with Crippen LogP contribution in [0, 0.1) is 6.92 Å². The predicted octanol–water partition coefficient (Wildman–Crippen LogP) is 1.37. The third-order valence-electron chi connectivity index (χ3n) is 2.99. The van der Waals surface area contributed by atoms with Gasteiger partial charge in [0.05, 0.1) is 6.04 Å². The summed E-state index contributed by atoms with van der Waals surface area (Å²) in [5.41, 5.74) is 1.33. The number of tetrazole rings is 1. The third-order valence-corrected chi connectivity index (χ3v) is 3.40. The largest absolute Gasteiger partial charge is 0.346 e. The second-order valence-corrected chi connectivity index (χ2v) is 5.10. The number of carbonyl (C=O) groups is 2. The molecule has 22 heavy (non-hydrogen) atoms. The number of anilines is 1. The van der Waals surface area contributed by atoms with Crippen molar-refractivity contribution in [2.24, 2.45) is 0 Å². The molecule has 1 aromatic carbocycles. The van der Waals surface area contributed by atoms with Crippen molar-refractivity contribution in [3.05, 3.63) is 34.6 Å². The molecule has 2 amide bonds. The van der Waals surface area contributed by atoms with Crippen LogP contribution in [-0.4, -0.2) is 32.4 Å². The van der Waals surface area contributed by atoms with Crippen LogP contribution in [-0.2, 0) is 9.59 Å². The van der Waals surface area contributed by atoms with Gasteiger partial charge in [-0.3, -0.25) is 9.59 Å². The van der Waals surface area contributed by atoms with Crippen molar-refractivity contribution in [3.63, 3.8) is 0 Å². The number of benzene rings is 1. The van der Waals surface area contributed by atoms with Gasteiger partial charge >= 0.3 is 0 Å². The van der Waals surface area contributed by atoms with E-state index in [2.05, 4.69) is 31.3 Å². The molecule has 3 N–H and O–H groups in total. The van der Waals surface area contributed by atoms with Gasteiger partial charge in [-0.25, -0.2) is 0 Å². The van der Waals surface area contributed by atoms with Gasteiger partial charge in [0.15, 0.2) is 5.82 Å². The first-order valence-electron chi connectivity index (χ1n) is 6.55. The Balaban J connectivity index is 1.89. The molecule has 1 heterocycles. The van der Waals surface area contributed by atoms with Crippen LogP contribution in [0.2, 0.25) is 5.02 Å². The number of nitrogens with zero attached hydrogens (tertiary/aromatic N) is 3. The number of hydrogen-bond acceptors (Lipinski definition) is 5. The van der Waals surface area contributed by atoms with E-state index in [1.807, 2.05) is 0 Å². The summed E-state index contributed by atoms with van der Waals surface area (Å²) in [5.74, 6) is -0.517. The molecule has 0 unspecified atom stereocenters. The summed E-state index contributed by atoms with van der Waals surface area (Å²) >= 11 is 5.98. The molecule has 116 valence electrons. The predicted molar refractivity (Wildman–Crippen MR) is 80.2 cm³/mol. The van der Waals surface area contributed by atoms with Crippen molar-refractivity contribution in [1.82, 2.24) is 25.9 Å². The fraction of sp³-hybridized carbons (Fsp3) is 0.308. The second kappa shape index (κ2) is 6.99. The maximum Gasteiger partial charge on any atom is 0.233 e. The second-order valence-electron chi connectivity index (χ2n) is 4.70. The molecule has 0 bridgehead atoms. The Morgan fingerprint density at radius 2 is 2.14 bits per heavy atom. The van der Waals surface area contributed by atoms with Gasteiger partial charge in [0.25, 0.3) is 0 Å². The summed E-state index contributed by atoms with van der Waals surface area (Å²) in [6, 6.07) is 4.74. The minimum absolute atomic E-state index is 0.311. The van der Waals surface area contributed by atoms with Crippen molar-refractivity contribution in [3.8, 4) is 0 Å². The number of halogens is 1. The number of H-pyrrole nitrogens is 1. The van der Waals surface area contributed by atoms with Crippen molar-refractivity contribution >= 4 is 29.1 Å². The maximum absolute atomic E-state index is 11.9. The van der Waals surface area contributed by atoms with Crippen molar-refractivity contribution in [2.75, 3.05) is 5.32 Å². The van der Waals surface area contributed by atoms with E-state index in [1.54, 1.807) is 32.0 Å². The molecule has 2 rings (SSSR count). The summed E-state index contributed by atoms with van der Waals surface area (Å²) in [7, 11) is 0. The van der Waals surface area contributed by atoms with Crippen LogP contribution >= 0.6 is 11.6 Å². The summed E-state index contributed by atoms with van der Waals surface area (Å²) in [5, 5.41) is 19.0. The molecule has 9 heteroatoms. The van der Waals surface area contributed by atoms with Crippen molar-refractivity contribution in [2.45, 2.75) is 26.3 Å². The molecule has 2 aromatic rings. The Kier molecular flexibility index (Phi) is 5.05. The lowest BCUT2D eigenvalue weighted by Gasteiger charge is -2.11. The zero-order chi connectivity index (χ0) is 16.1. The van der Waals surface area contributed by atoms with Crippen LogP contribution in [0.3, 0.4) is 0 Å². The van der Waals surface area contributed by atoms with Crippen molar-refractivity contribution < 1.29 is 9.59 Å². The monoisotopic (exact) mass is 322 g/mol. The molecule has 0 fully saturated rings. The fourth-order valence-electron chi connectivity index (χ4n) is 1.79. The van der Waals surface area contributed by atoms with Crippen molar-refractivity contribution in [1.29, 1.82) is 0 Å². The molecule has 1 aromatic heterocycles. The number of aromatic nitrogens is 4. The average molecular weight is 323 g/mol. The molecule has 0 saturated carbocycles. The highest BCUT2D eigenvalue weighted by atomic mass is 35.5. The number of amides is 2. The first-order chi connectivity index (χ1) is 10.5.